The molecule has 90 valence electrons. The first-order chi connectivity index (χ1) is 8.20. The van der Waals surface area contributed by atoms with Gasteiger partial charge in [-0.2, -0.15) is 0 Å². The van der Waals surface area contributed by atoms with Crippen molar-refractivity contribution in [1.29, 1.82) is 0 Å². The first-order valence-electron chi connectivity index (χ1n) is 4.97. The summed E-state index contributed by atoms with van der Waals surface area (Å²) < 4.78 is 6.00. The quantitative estimate of drug-likeness (QED) is 0.577. The van der Waals surface area contributed by atoms with Gasteiger partial charge in [0.15, 0.2) is 5.65 Å². The summed E-state index contributed by atoms with van der Waals surface area (Å²) in [6, 6.07) is 3.60. The smallest absolute Gasteiger partial charge is 0.309 e. The van der Waals surface area contributed by atoms with Crippen LogP contribution in [0.4, 0.5) is 0 Å². The molecule has 0 aliphatic carbocycles. The maximum absolute atomic E-state index is 11.2. The number of hydrogen-bond donors (Lipinski definition) is 0. The summed E-state index contributed by atoms with van der Waals surface area (Å²) in [5, 5.41) is 15.9. The fourth-order valence-electron chi connectivity index (χ4n) is 1.19. The highest BCUT2D eigenvalue weighted by atomic mass is 32.2. The Labute approximate surface area is 102 Å². The molecule has 0 amide bonds. The van der Waals surface area contributed by atoms with E-state index in [1.165, 1.54) is 23.5 Å². The molecule has 2 rings (SSSR count). The van der Waals surface area contributed by atoms with Crippen molar-refractivity contribution in [1.82, 2.24) is 25.3 Å². The molecule has 7 nitrogen and oxygen atoms in total. The van der Waals surface area contributed by atoms with Crippen LogP contribution in [-0.4, -0.2) is 44.1 Å². The zero-order valence-corrected chi connectivity index (χ0v) is 10.2. The molecule has 1 unspecified atom stereocenters. The predicted molar refractivity (Wildman–Crippen MR) is 60.5 cm³/mol. The SMILES string of the molecule is COC(=O)C(C)CSc1ccc2nnnn2n1. The Balaban J connectivity index is 2.01. The number of carbonyl (C=O) groups excluding carboxylic acids is 1. The molecule has 8 heteroatoms. The number of esters is 1. The number of tetrazole rings is 1. The van der Waals surface area contributed by atoms with Crippen LogP contribution in [0.25, 0.3) is 5.65 Å². The van der Waals surface area contributed by atoms with Crippen LogP contribution in [0.3, 0.4) is 0 Å². The van der Waals surface area contributed by atoms with Gasteiger partial charge >= 0.3 is 5.97 Å². The van der Waals surface area contributed by atoms with Gasteiger partial charge in [0.25, 0.3) is 0 Å². The molecule has 0 spiro atoms. The predicted octanol–water partition coefficient (Wildman–Crippen LogP) is 0.420. The average molecular weight is 253 g/mol. The van der Waals surface area contributed by atoms with Gasteiger partial charge in [0.1, 0.15) is 5.03 Å². The van der Waals surface area contributed by atoms with E-state index in [9.17, 15) is 4.79 Å². The number of thioether (sulfide) groups is 1. The molecule has 0 radical (unpaired) electrons. The molecule has 1 atom stereocenters. The summed E-state index contributed by atoms with van der Waals surface area (Å²) in [6.07, 6.45) is 0. The zero-order valence-electron chi connectivity index (χ0n) is 9.40. The Morgan fingerprint density at radius 2 is 2.41 bits per heavy atom. The average Bonchev–Trinajstić information content (AvgIpc) is 2.82. The van der Waals surface area contributed by atoms with Crippen LogP contribution in [0.1, 0.15) is 6.92 Å². The minimum atomic E-state index is -0.221. The maximum atomic E-state index is 11.2. The number of hydrogen-bond acceptors (Lipinski definition) is 7. The number of nitrogens with zero attached hydrogens (tertiary/aromatic N) is 5. The highest BCUT2D eigenvalue weighted by Gasteiger charge is 2.13. The van der Waals surface area contributed by atoms with Crippen molar-refractivity contribution < 1.29 is 9.53 Å². The summed E-state index contributed by atoms with van der Waals surface area (Å²) in [5.41, 5.74) is 0.593. The Hall–Kier alpha value is -1.70. The van der Waals surface area contributed by atoms with E-state index in [4.69, 9.17) is 0 Å². The summed E-state index contributed by atoms with van der Waals surface area (Å²) >= 11 is 1.46. The standard InChI is InChI=1S/C9H11N5O2S/c1-6(9(15)16-2)5-17-8-4-3-7-10-12-13-14(7)11-8/h3-4,6H,5H2,1-2H3. The van der Waals surface area contributed by atoms with Crippen LogP contribution in [0.2, 0.25) is 0 Å². The second kappa shape index (κ2) is 5.09. The van der Waals surface area contributed by atoms with E-state index >= 15 is 0 Å². The largest absolute Gasteiger partial charge is 0.469 e. The molecule has 0 bridgehead atoms. The lowest BCUT2D eigenvalue weighted by molar-refractivity contribution is -0.143. The Bertz CT molecular complexity index is 529. The molecule has 17 heavy (non-hydrogen) atoms. The fourth-order valence-corrected chi connectivity index (χ4v) is 2.05. The van der Waals surface area contributed by atoms with Gasteiger partial charge < -0.3 is 4.74 Å². The van der Waals surface area contributed by atoms with Crippen LogP contribution < -0.4 is 0 Å². The van der Waals surface area contributed by atoms with Crippen LogP contribution >= 0.6 is 11.8 Å². The van der Waals surface area contributed by atoms with Gasteiger partial charge in [0.05, 0.1) is 13.0 Å². The van der Waals surface area contributed by atoms with E-state index in [0.717, 1.165) is 5.03 Å². The van der Waals surface area contributed by atoms with Crippen LogP contribution in [-0.2, 0) is 9.53 Å². The van der Waals surface area contributed by atoms with Crippen LogP contribution in [0.5, 0.6) is 0 Å². The third-order valence-corrected chi connectivity index (χ3v) is 3.31. The van der Waals surface area contributed by atoms with Crippen molar-refractivity contribution in [3.8, 4) is 0 Å². The summed E-state index contributed by atoms with van der Waals surface area (Å²) in [5.74, 6) is 0.213. The highest BCUT2D eigenvalue weighted by molar-refractivity contribution is 7.99. The van der Waals surface area contributed by atoms with E-state index in [0.29, 0.717) is 11.4 Å². The van der Waals surface area contributed by atoms with E-state index in [2.05, 4.69) is 25.4 Å². The Morgan fingerprint density at radius 1 is 1.59 bits per heavy atom. The number of rotatable bonds is 4. The summed E-state index contributed by atoms with van der Waals surface area (Å²) in [6.45, 7) is 1.81. The molecule has 0 N–H and O–H groups in total. The second-order valence-corrected chi connectivity index (χ2v) is 4.47. The van der Waals surface area contributed by atoms with Gasteiger partial charge in [0.2, 0.25) is 0 Å². The maximum Gasteiger partial charge on any atom is 0.309 e. The first-order valence-corrected chi connectivity index (χ1v) is 5.95. The monoisotopic (exact) mass is 253 g/mol. The number of fused-ring (bicyclic) bond motifs is 1. The third-order valence-electron chi connectivity index (χ3n) is 2.13. The molecule has 0 aliphatic rings. The summed E-state index contributed by atoms with van der Waals surface area (Å²) in [4.78, 5) is 11.2. The van der Waals surface area contributed by atoms with Gasteiger partial charge in [0, 0.05) is 5.75 Å². The number of aromatic nitrogens is 5. The molecule has 2 aromatic heterocycles. The molecule has 0 saturated heterocycles. The van der Waals surface area contributed by atoms with Crippen molar-refractivity contribution in [2.45, 2.75) is 11.9 Å². The van der Waals surface area contributed by atoms with E-state index in [-0.39, 0.29) is 11.9 Å². The summed E-state index contributed by atoms with van der Waals surface area (Å²) in [7, 11) is 1.38. The van der Waals surface area contributed by atoms with Gasteiger partial charge in [-0.15, -0.1) is 26.6 Å². The highest BCUT2D eigenvalue weighted by Crippen LogP contribution is 2.18. The molecule has 2 heterocycles. The lowest BCUT2D eigenvalue weighted by Gasteiger charge is -2.07. The minimum Gasteiger partial charge on any atom is -0.469 e. The zero-order chi connectivity index (χ0) is 12.3. The van der Waals surface area contributed by atoms with E-state index < -0.39 is 0 Å². The molecule has 0 fully saturated rings. The topological polar surface area (TPSA) is 82.3 Å². The third kappa shape index (κ3) is 2.70. The Morgan fingerprint density at radius 3 is 3.18 bits per heavy atom. The van der Waals surface area contributed by atoms with Crippen molar-refractivity contribution in [3.05, 3.63) is 12.1 Å². The van der Waals surface area contributed by atoms with Crippen molar-refractivity contribution in [2.75, 3.05) is 12.9 Å². The van der Waals surface area contributed by atoms with Gasteiger partial charge in [-0.1, -0.05) is 6.92 Å². The van der Waals surface area contributed by atoms with Gasteiger partial charge in [-0.05, 0) is 22.6 Å². The number of carbonyl (C=O) groups is 1. The normalized spacial score (nSPS) is 12.6. The van der Waals surface area contributed by atoms with Gasteiger partial charge in [-0.3, -0.25) is 4.79 Å². The number of methoxy groups -OCH3 is 1. The lowest BCUT2D eigenvalue weighted by Crippen LogP contribution is -2.14. The molecular formula is C9H11N5O2S. The molecule has 0 aromatic carbocycles. The molecule has 2 aromatic rings. The molecule has 0 saturated carbocycles. The Kier molecular flexibility index (Phi) is 3.52. The van der Waals surface area contributed by atoms with Crippen LogP contribution in [0.15, 0.2) is 17.2 Å². The fraction of sp³-hybridized carbons (Fsp3) is 0.444. The molecule has 0 aliphatic heterocycles. The van der Waals surface area contributed by atoms with E-state index in [1.807, 2.05) is 13.0 Å². The van der Waals surface area contributed by atoms with E-state index in [1.54, 1.807) is 6.07 Å². The van der Waals surface area contributed by atoms with Crippen molar-refractivity contribution in [3.63, 3.8) is 0 Å². The first kappa shape index (κ1) is 11.8. The van der Waals surface area contributed by atoms with Crippen molar-refractivity contribution in [2.24, 2.45) is 5.92 Å². The number of ether oxygens (including phenoxy) is 1. The van der Waals surface area contributed by atoms with Gasteiger partial charge in [-0.25, -0.2) is 0 Å². The molecular weight excluding hydrogens is 242 g/mol. The van der Waals surface area contributed by atoms with Crippen molar-refractivity contribution >= 4 is 23.4 Å². The second-order valence-electron chi connectivity index (χ2n) is 3.43. The van der Waals surface area contributed by atoms with Crippen LogP contribution in [0, 0.1) is 5.92 Å². The lowest BCUT2D eigenvalue weighted by atomic mass is 10.2. The minimum absolute atomic E-state index is 0.170.